The summed E-state index contributed by atoms with van der Waals surface area (Å²) in [6.45, 7) is 4.59. The molecule has 1 heterocycles. The maximum absolute atomic E-state index is 6.18. The van der Waals surface area contributed by atoms with E-state index in [1.54, 1.807) is 0 Å². The number of hydrogen-bond acceptors (Lipinski definition) is 1. The van der Waals surface area contributed by atoms with E-state index in [-0.39, 0.29) is 5.60 Å². The van der Waals surface area contributed by atoms with Gasteiger partial charge in [0, 0.05) is 4.43 Å². The number of alkyl halides is 1. The van der Waals surface area contributed by atoms with Crippen LogP contribution in [0.15, 0.2) is 0 Å². The fourth-order valence-electron chi connectivity index (χ4n) is 2.71. The number of rotatable bonds is 1. The molecule has 1 aliphatic carbocycles. The second-order valence-corrected chi connectivity index (χ2v) is 5.64. The molecule has 0 N–H and O–H groups in total. The molecule has 0 radical (unpaired) electrons. The molecule has 1 saturated heterocycles. The van der Waals surface area contributed by atoms with E-state index in [2.05, 4.69) is 36.4 Å². The molecule has 0 aromatic heterocycles. The van der Waals surface area contributed by atoms with Crippen LogP contribution in [0.25, 0.3) is 0 Å². The molecular weight excluding hydrogens is 263 g/mol. The van der Waals surface area contributed by atoms with Crippen LogP contribution in [0.1, 0.15) is 39.5 Å². The molecule has 1 unspecified atom stereocenters. The van der Waals surface area contributed by atoms with Gasteiger partial charge in [0.2, 0.25) is 0 Å². The second kappa shape index (κ2) is 2.84. The fourth-order valence-corrected chi connectivity index (χ4v) is 3.25. The zero-order chi connectivity index (χ0) is 8.82. The zero-order valence-corrected chi connectivity index (χ0v) is 10.1. The molecule has 0 aromatic carbocycles. The first kappa shape index (κ1) is 9.25. The smallest absolute Gasteiger partial charge is 0.0752 e. The van der Waals surface area contributed by atoms with Crippen LogP contribution < -0.4 is 0 Å². The molecule has 1 atom stereocenters. The van der Waals surface area contributed by atoms with Crippen molar-refractivity contribution < 1.29 is 4.74 Å². The van der Waals surface area contributed by atoms with Crippen molar-refractivity contribution in [3.63, 3.8) is 0 Å². The normalized spacial score (nSPS) is 52.8. The number of hydrogen-bond donors (Lipinski definition) is 0. The predicted molar refractivity (Wildman–Crippen MR) is 58.7 cm³/mol. The Labute approximate surface area is 88.4 Å². The van der Waals surface area contributed by atoms with Crippen LogP contribution in [0, 0.1) is 5.92 Å². The Kier molecular flexibility index (Phi) is 2.19. The highest BCUT2D eigenvalue weighted by Crippen LogP contribution is 2.52. The summed E-state index contributed by atoms with van der Waals surface area (Å²) in [7, 11) is 0. The minimum atomic E-state index is 0.195. The van der Waals surface area contributed by atoms with Crippen LogP contribution in [0.2, 0.25) is 0 Å². The molecule has 2 fully saturated rings. The van der Waals surface area contributed by atoms with Crippen molar-refractivity contribution in [1.29, 1.82) is 0 Å². The minimum Gasteiger partial charge on any atom is -0.368 e. The van der Waals surface area contributed by atoms with Crippen LogP contribution in [0.4, 0.5) is 0 Å². The lowest BCUT2D eigenvalue weighted by Gasteiger charge is -2.44. The molecule has 1 saturated carbocycles. The van der Waals surface area contributed by atoms with E-state index >= 15 is 0 Å². The monoisotopic (exact) mass is 280 g/mol. The number of ether oxygens (including phenoxy) is 1. The van der Waals surface area contributed by atoms with Gasteiger partial charge in [-0.25, -0.2) is 0 Å². The summed E-state index contributed by atoms with van der Waals surface area (Å²) in [5, 5.41) is 0. The highest BCUT2D eigenvalue weighted by Gasteiger charge is 2.52. The van der Waals surface area contributed by atoms with Gasteiger partial charge in [0.05, 0.1) is 11.2 Å². The summed E-state index contributed by atoms with van der Waals surface area (Å²) in [6, 6.07) is 0. The molecule has 12 heavy (non-hydrogen) atoms. The molecule has 2 heteroatoms. The molecule has 0 aromatic rings. The quantitative estimate of drug-likeness (QED) is 0.529. The fraction of sp³-hybridized carbons (Fsp3) is 1.00. The van der Waals surface area contributed by atoms with Gasteiger partial charge in [-0.05, 0) is 38.5 Å². The largest absolute Gasteiger partial charge is 0.368 e. The Morgan fingerprint density at radius 3 is 2.50 bits per heavy atom. The van der Waals surface area contributed by atoms with Crippen LogP contribution in [-0.2, 0) is 4.74 Å². The summed E-state index contributed by atoms with van der Waals surface area (Å²) in [5.74, 6) is 0.904. The third-order valence-electron chi connectivity index (χ3n) is 3.30. The van der Waals surface area contributed by atoms with Crippen molar-refractivity contribution in [1.82, 2.24) is 0 Å². The van der Waals surface area contributed by atoms with Gasteiger partial charge >= 0.3 is 0 Å². The van der Waals surface area contributed by atoms with Crippen molar-refractivity contribution in [2.45, 2.75) is 50.7 Å². The van der Waals surface area contributed by atoms with Crippen molar-refractivity contribution in [3.05, 3.63) is 0 Å². The molecule has 0 bridgehead atoms. The lowest BCUT2D eigenvalue weighted by atomic mass is 9.70. The Balaban J connectivity index is 1.99. The van der Waals surface area contributed by atoms with Gasteiger partial charge < -0.3 is 4.74 Å². The average molecular weight is 280 g/mol. The summed E-state index contributed by atoms with van der Waals surface area (Å²) >= 11 is 2.44. The maximum Gasteiger partial charge on any atom is 0.0752 e. The highest BCUT2D eigenvalue weighted by molar-refractivity contribution is 14.1. The predicted octanol–water partition coefficient (Wildman–Crippen LogP) is 3.16. The highest BCUT2D eigenvalue weighted by atomic mass is 127. The lowest BCUT2D eigenvalue weighted by molar-refractivity contribution is -0.143. The summed E-state index contributed by atoms with van der Waals surface area (Å²) in [4.78, 5) is 0. The van der Waals surface area contributed by atoms with E-state index < -0.39 is 0 Å². The van der Waals surface area contributed by atoms with Gasteiger partial charge in [0.15, 0.2) is 0 Å². The maximum atomic E-state index is 6.18. The van der Waals surface area contributed by atoms with Gasteiger partial charge in [-0.2, -0.15) is 0 Å². The molecule has 2 rings (SSSR count). The SMILES string of the molecule is CC1CC2(CCC(C)(CI)O2)C1. The van der Waals surface area contributed by atoms with E-state index in [4.69, 9.17) is 4.74 Å². The minimum absolute atomic E-state index is 0.195. The first-order valence-corrected chi connectivity index (χ1v) is 6.36. The van der Waals surface area contributed by atoms with E-state index in [1.165, 1.54) is 25.7 Å². The third kappa shape index (κ3) is 1.41. The summed E-state index contributed by atoms with van der Waals surface area (Å²) in [6.07, 6.45) is 5.18. The molecule has 1 spiro atoms. The first-order valence-electron chi connectivity index (χ1n) is 4.84. The van der Waals surface area contributed by atoms with Crippen LogP contribution >= 0.6 is 22.6 Å². The lowest BCUT2D eigenvalue weighted by Crippen LogP contribution is -2.44. The van der Waals surface area contributed by atoms with Gasteiger partial charge in [-0.15, -0.1) is 0 Å². The molecule has 70 valence electrons. The number of halogens is 1. The van der Waals surface area contributed by atoms with E-state index in [0.29, 0.717) is 5.60 Å². The van der Waals surface area contributed by atoms with Gasteiger partial charge in [0.25, 0.3) is 0 Å². The van der Waals surface area contributed by atoms with Crippen LogP contribution in [0.5, 0.6) is 0 Å². The topological polar surface area (TPSA) is 9.23 Å². The molecule has 0 amide bonds. The Hall–Kier alpha value is 0.690. The van der Waals surface area contributed by atoms with Gasteiger partial charge in [-0.3, -0.25) is 0 Å². The molecule has 1 nitrogen and oxygen atoms in total. The Morgan fingerprint density at radius 2 is 2.08 bits per heavy atom. The molecule has 1 aliphatic heterocycles. The van der Waals surface area contributed by atoms with Crippen LogP contribution in [0.3, 0.4) is 0 Å². The van der Waals surface area contributed by atoms with E-state index in [1.807, 2.05) is 0 Å². The third-order valence-corrected chi connectivity index (χ3v) is 4.91. The Morgan fingerprint density at radius 1 is 1.42 bits per heavy atom. The van der Waals surface area contributed by atoms with E-state index in [9.17, 15) is 0 Å². The molecular formula is C10H17IO. The zero-order valence-electron chi connectivity index (χ0n) is 7.90. The summed E-state index contributed by atoms with van der Waals surface area (Å²) < 4.78 is 7.32. The second-order valence-electron chi connectivity index (χ2n) is 4.88. The van der Waals surface area contributed by atoms with Crippen molar-refractivity contribution in [3.8, 4) is 0 Å². The van der Waals surface area contributed by atoms with Gasteiger partial charge in [0.1, 0.15) is 0 Å². The summed E-state index contributed by atoms with van der Waals surface area (Å²) in [5.41, 5.74) is 0.514. The standard InChI is InChI=1S/C10H17IO/c1-8-5-10(6-8)4-3-9(2,7-11)12-10/h8H,3-7H2,1-2H3. The Bertz CT molecular complexity index is 186. The molecule has 2 aliphatic rings. The van der Waals surface area contributed by atoms with Crippen LogP contribution in [-0.4, -0.2) is 15.6 Å². The van der Waals surface area contributed by atoms with Gasteiger partial charge in [-0.1, -0.05) is 29.5 Å². The van der Waals surface area contributed by atoms with Crippen molar-refractivity contribution in [2.75, 3.05) is 4.43 Å². The van der Waals surface area contributed by atoms with Crippen molar-refractivity contribution >= 4 is 22.6 Å². The first-order chi connectivity index (χ1) is 5.58. The van der Waals surface area contributed by atoms with E-state index in [0.717, 1.165) is 10.3 Å². The van der Waals surface area contributed by atoms with Crippen molar-refractivity contribution in [2.24, 2.45) is 5.92 Å². The average Bonchev–Trinajstić information content (AvgIpc) is 2.29.